The van der Waals surface area contributed by atoms with Crippen molar-refractivity contribution in [3.63, 3.8) is 0 Å². The maximum Gasteiger partial charge on any atom is 0.180 e. The summed E-state index contributed by atoms with van der Waals surface area (Å²) in [6, 6.07) is 13.8. The van der Waals surface area contributed by atoms with Gasteiger partial charge < -0.3 is 5.32 Å². The van der Waals surface area contributed by atoms with Gasteiger partial charge in [-0.3, -0.25) is 5.10 Å². The van der Waals surface area contributed by atoms with Crippen LogP contribution < -0.4 is 5.32 Å². The number of benzene rings is 2. The molecule has 3 aromatic rings. The Morgan fingerprint density at radius 1 is 1.07 bits per heavy atom. The summed E-state index contributed by atoms with van der Waals surface area (Å²) in [4.78, 5) is 4.15. The molecule has 0 amide bonds. The lowest BCUT2D eigenvalue weighted by Crippen LogP contribution is -2.35. The van der Waals surface area contributed by atoms with Crippen LogP contribution in [0, 0.1) is 11.2 Å². The van der Waals surface area contributed by atoms with Crippen molar-refractivity contribution < 1.29 is 4.39 Å². The molecule has 1 aliphatic carbocycles. The number of rotatable bonds is 5. The number of nitrogens with zero attached hydrogens (tertiary/aromatic N) is 2. The molecule has 2 aromatic carbocycles. The highest BCUT2D eigenvalue weighted by Gasteiger charge is 2.26. The second kappa shape index (κ2) is 9.06. The molecule has 4 nitrogen and oxygen atoms in total. The molecular weight excluding hydrogens is 387 g/mol. The van der Waals surface area contributed by atoms with E-state index in [2.05, 4.69) is 34.3 Å². The van der Waals surface area contributed by atoms with Gasteiger partial charge in [0.2, 0.25) is 0 Å². The summed E-state index contributed by atoms with van der Waals surface area (Å²) in [5.41, 5.74) is 3.56. The van der Waals surface area contributed by atoms with E-state index in [1.165, 1.54) is 12.8 Å². The first-order valence-corrected chi connectivity index (χ1v) is 9.99. The van der Waals surface area contributed by atoms with Gasteiger partial charge in [-0.1, -0.05) is 56.3 Å². The minimum Gasteiger partial charge on any atom is -0.310 e. The molecule has 1 saturated carbocycles. The van der Waals surface area contributed by atoms with Gasteiger partial charge in [0.1, 0.15) is 12.1 Å². The van der Waals surface area contributed by atoms with E-state index in [0.29, 0.717) is 29.4 Å². The van der Waals surface area contributed by atoms with Crippen molar-refractivity contribution in [2.24, 2.45) is 5.41 Å². The third-order valence-corrected chi connectivity index (χ3v) is 5.87. The highest BCUT2D eigenvalue weighted by Crippen LogP contribution is 2.35. The minimum atomic E-state index is -0.142. The first-order chi connectivity index (χ1) is 13.5. The second-order valence-electron chi connectivity index (χ2n) is 8.50. The molecule has 4 rings (SSSR count). The third-order valence-electron chi connectivity index (χ3n) is 5.87. The van der Waals surface area contributed by atoms with Crippen LogP contribution in [0.25, 0.3) is 22.5 Å². The first-order valence-electron chi connectivity index (χ1n) is 9.99. The molecule has 0 atom stereocenters. The molecule has 0 unspecified atom stereocenters. The van der Waals surface area contributed by atoms with Crippen LogP contribution in [0.4, 0.5) is 4.39 Å². The highest BCUT2D eigenvalue weighted by molar-refractivity contribution is 5.85. The fourth-order valence-corrected chi connectivity index (χ4v) is 3.94. The average molecular weight is 415 g/mol. The Labute approximate surface area is 177 Å². The van der Waals surface area contributed by atoms with Crippen LogP contribution in [0.1, 0.15) is 45.1 Å². The number of H-pyrrole nitrogens is 1. The zero-order valence-electron chi connectivity index (χ0n) is 16.9. The Kier molecular flexibility index (Phi) is 6.70. The Morgan fingerprint density at radius 2 is 1.76 bits per heavy atom. The van der Waals surface area contributed by atoms with E-state index in [-0.39, 0.29) is 18.2 Å². The third kappa shape index (κ3) is 5.03. The average Bonchev–Trinajstić information content (AvgIpc) is 3.23. The number of hydrogen-bond acceptors (Lipinski definition) is 3. The number of nitrogens with one attached hydrogen (secondary N) is 2. The summed E-state index contributed by atoms with van der Waals surface area (Å²) in [6.07, 6.45) is 6.33. The van der Waals surface area contributed by atoms with Crippen LogP contribution in [-0.2, 0) is 6.54 Å². The van der Waals surface area contributed by atoms with Crippen LogP contribution in [0.15, 0.2) is 48.8 Å². The van der Waals surface area contributed by atoms with Gasteiger partial charge >= 0.3 is 0 Å². The van der Waals surface area contributed by atoms with Gasteiger partial charge in [-0.2, -0.15) is 5.10 Å². The number of hydrogen-bond donors (Lipinski definition) is 2. The van der Waals surface area contributed by atoms with Gasteiger partial charge in [0, 0.05) is 29.3 Å². The van der Waals surface area contributed by atoms with Crippen molar-refractivity contribution in [2.45, 2.75) is 52.1 Å². The lowest BCUT2D eigenvalue weighted by Gasteiger charge is -2.34. The molecule has 0 aliphatic heterocycles. The maximum atomic E-state index is 15.1. The fraction of sp³-hybridized carbons (Fsp3) is 0.391. The Balaban J connectivity index is 0.00000240. The standard InChI is InChI=1S/C23H27FN4.ClH/c1-23(2)12-10-19(11-13-23)25-14-18-4-3-5-20(21(18)24)16-6-8-17(9-7-16)22-26-15-27-28-22;/h3-9,15,19,25H,10-14H2,1-2H3,(H,26,27,28);1H. The molecule has 29 heavy (non-hydrogen) atoms. The summed E-state index contributed by atoms with van der Waals surface area (Å²) < 4.78 is 15.1. The van der Waals surface area contributed by atoms with Gasteiger partial charge in [0.05, 0.1) is 0 Å². The van der Waals surface area contributed by atoms with E-state index in [0.717, 1.165) is 29.5 Å². The SMILES string of the molecule is CC1(C)CCC(NCc2cccc(-c3ccc(-c4nc[nH]n4)cc3)c2F)CC1.Cl. The van der Waals surface area contributed by atoms with Crippen molar-refractivity contribution in [3.8, 4) is 22.5 Å². The lowest BCUT2D eigenvalue weighted by atomic mass is 9.75. The van der Waals surface area contributed by atoms with Crippen LogP contribution >= 0.6 is 12.4 Å². The first kappa shape index (κ1) is 21.5. The highest BCUT2D eigenvalue weighted by atomic mass is 35.5. The van der Waals surface area contributed by atoms with Crippen LogP contribution in [0.2, 0.25) is 0 Å². The zero-order valence-corrected chi connectivity index (χ0v) is 17.7. The lowest BCUT2D eigenvalue weighted by molar-refractivity contribution is 0.205. The Morgan fingerprint density at radius 3 is 2.41 bits per heavy atom. The smallest absolute Gasteiger partial charge is 0.180 e. The van der Waals surface area contributed by atoms with Crippen LogP contribution in [0.3, 0.4) is 0 Å². The number of aromatic amines is 1. The monoisotopic (exact) mass is 414 g/mol. The molecule has 0 bridgehead atoms. The zero-order chi connectivity index (χ0) is 19.6. The molecule has 0 radical (unpaired) electrons. The number of halogens is 2. The molecule has 1 heterocycles. The molecule has 0 saturated heterocycles. The second-order valence-corrected chi connectivity index (χ2v) is 8.50. The van der Waals surface area contributed by atoms with Crippen LogP contribution in [-0.4, -0.2) is 21.2 Å². The van der Waals surface area contributed by atoms with Crippen molar-refractivity contribution >= 4 is 12.4 Å². The van der Waals surface area contributed by atoms with E-state index in [1.807, 2.05) is 42.5 Å². The van der Waals surface area contributed by atoms with Crippen molar-refractivity contribution in [1.29, 1.82) is 0 Å². The van der Waals surface area contributed by atoms with Gasteiger partial charge in [-0.05, 0) is 36.7 Å². The van der Waals surface area contributed by atoms with E-state index in [4.69, 9.17) is 0 Å². The van der Waals surface area contributed by atoms with E-state index in [9.17, 15) is 0 Å². The topological polar surface area (TPSA) is 53.6 Å². The van der Waals surface area contributed by atoms with Gasteiger partial charge in [-0.15, -0.1) is 12.4 Å². The van der Waals surface area contributed by atoms with Gasteiger partial charge in [-0.25, -0.2) is 9.37 Å². The minimum absolute atomic E-state index is 0. The molecule has 0 spiro atoms. The van der Waals surface area contributed by atoms with Crippen molar-refractivity contribution in [2.75, 3.05) is 0 Å². The predicted octanol–water partition coefficient (Wildman–Crippen LogP) is 5.76. The molecular formula is C23H28ClFN4. The normalized spacial score (nSPS) is 16.4. The molecule has 1 fully saturated rings. The Hall–Kier alpha value is -2.24. The van der Waals surface area contributed by atoms with E-state index in [1.54, 1.807) is 6.33 Å². The summed E-state index contributed by atoms with van der Waals surface area (Å²) in [7, 11) is 0. The molecule has 2 N–H and O–H groups in total. The summed E-state index contributed by atoms with van der Waals surface area (Å²) in [6.45, 7) is 5.24. The predicted molar refractivity (Wildman–Crippen MR) is 117 cm³/mol. The molecule has 154 valence electrons. The molecule has 6 heteroatoms. The van der Waals surface area contributed by atoms with Gasteiger partial charge in [0.15, 0.2) is 5.82 Å². The number of aromatic nitrogens is 3. The van der Waals surface area contributed by atoms with Crippen molar-refractivity contribution in [1.82, 2.24) is 20.5 Å². The quantitative estimate of drug-likeness (QED) is 0.558. The molecule has 1 aliphatic rings. The van der Waals surface area contributed by atoms with E-state index >= 15 is 4.39 Å². The summed E-state index contributed by atoms with van der Waals surface area (Å²) in [5, 5.41) is 10.4. The van der Waals surface area contributed by atoms with Crippen LogP contribution in [0.5, 0.6) is 0 Å². The summed E-state index contributed by atoms with van der Waals surface area (Å²) in [5.74, 6) is 0.498. The van der Waals surface area contributed by atoms with E-state index < -0.39 is 0 Å². The van der Waals surface area contributed by atoms with Crippen molar-refractivity contribution in [3.05, 3.63) is 60.2 Å². The summed E-state index contributed by atoms with van der Waals surface area (Å²) >= 11 is 0. The largest absolute Gasteiger partial charge is 0.310 e. The Bertz CT molecular complexity index is 913. The fourth-order valence-electron chi connectivity index (χ4n) is 3.94. The molecule has 1 aromatic heterocycles. The van der Waals surface area contributed by atoms with Gasteiger partial charge in [0.25, 0.3) is 0 Å². The maximum absolute atomic E-state index is 15.1.